The highest BCUT2D eigenvalue weighted by Gasteiger charge is 2.30. The number of amidine groups is 1. The average molecular weight is 430 g/mol. The molecule has 2 aromatic carbocycles. The molecule has 2 aliphatic heterocycles. The van der Waals surface area contributed by atoms with Crippen molar-refractivity contribution in [3.05, 3.63) is 53.6 Å². The molecule has 2 aromatic rings. The number of para-hydroxylation sites is 1. The zero-order valence-corrected chi connectivity index (χ0v) is 16.9. The molecule has 1 saturated heterocycles. The lowest BCUT2D eigenvalue weighted by Crippen LogP contribution is -2.46. The summed E-state index contributed by atoms with van der Waals surface area (Å²) in [4.78, 5) is 14.7. The molecule has 2 heterocycles. The van der Waals surface area contributed by atoms with Gasteiger partial charge < -0.3 is 20.5 Å². The number of carbonyl (C=O) groups is 1. The number of aromatic hydroxyl groups is 1. The zero-order chi connectivity index (χ0) is 21.3. The monoisotopic (exact) mass is 430 g/mol. The topological polar surface area (TPSA) is 134 Å². The summed E-state index contributed by atoms with van der Waals surface area (Å²) < 4.78 is 35.3. The number of nitrogens with two attached hydrogens (primary N) is 1. The molecule has 1 fully saturated rings. The summed E-state index contributed by atoms with van der Waals surface area (Å²) in [7, 11) is -3.87. The van der Waals surface area contributed by atoms with Crippen molar-refractivity contribution in [2.75, 3.05) is 17.9 Å². The third-order valence-corrected chi connectivity index (χ3v) is 6.11. The molecular formula is C20H22N4O5S. The molecule has 0 radical (unpaired) electrons. The van der Waals surface area contributed by atoms with Crippen LogP contribution in [0.3, 0.4) is 0 Å². The van der Waals surface area contributed by atoms with E-state index in [0.717, 1.165) is 19.3 Å². The van der Waals surface area contributed by atoms with Gasteiger partial charge in [0.05, 0.1) is 22.9 Å². The van der Waals surface area contributed by atoms with E-state index in [2.05, 4.69) is 9.12 Å². The van der Waals surface area contributed by atoms with E-state index in [9.17, 15) is 18.3 Å². The summed E-state index contributed by atoms with van der Waals surface area (Å²) in [5.41, 5.74) is 6.79. The fraction of sp³-hybridized carbons (Fsp3) is 0.300. The van der Waals surface area contributed by atoms with Gasteiger partial charge in [-0.3, -0.25) is 9.52 Å². The number of phenolic OH excluding ortho intramolecular Hbond substituents is 1. The minimum atomic E-state index is -3.87. The Balaban J connectivity index is 1.55. The molecule has 0 aromatic heterocycles. The Morgan fingerprint density at radius 1 is 1.23 bits per heavy atom. The largest absolute Gasteiger partial charge is 0.507 e. The predicted octanol–water partition coefficient (Wildman–Crippen LogP) is 1.84. The molecule has 2 aliphatic rings. The van der Waals surface area contributed by atoms with Gasteiger partial charge in [0.25, 0.3) is 5.91 Å². The Morgan fingerprint density at radius 3 is 2.83 bits per heavy atom. The quantitative estimate of drug-likeness (QED) is 0.678. The van der Waals surface area contributed by atoms with Crippen LogP contribution in [0.4, 0.5) is 5.69 Å². The van der Waals surface area contributed by atoms with Crippen LogP contribution in [0, 0.1) is 0 Å². The van der Waals surface area contributed by atoms with Gasteiger partial charge in [0.2, 0.25) is 0 Å². The minimum Gasteiger partial charge on any atom is -0.507 e. The van der Waals surface area contributed by atoms with Crippen LogP contribution in [0.5, 0.6) is 11.5 Å². The molecule has 1 atom stereocenters. The number of rotatable bonds is 4. The number of likely N-dealkylation sites (tertiary alicyclic amines) is 1. The maximum Gasteiger partial charge on any atom is 0.344 e. The molecular weight excluding hydrogens is 408 g/mol. The number of nitrogens with one attached hydrogen (secondary N) is 1. The normalized spacial score (nSPS) is 19.9. The van der Waals surface area contributed by atoms with Gasteiger partial charge in [-0.25, -0.2) is 0 Å². The first-order chi connectivity index (χ1) is 14.4. The number of carbonyl (C=O) groups excluding carboxylic acids is 1. The molecule has 1 amide bonds. The lowest BCUT2D eigenvalue weighted by molar-refractivity contribution is 0.0525. The standard InChI is InChI=1S/C20H22N4O5S/c21-19-18-15(22-30(27,28)23-19)8-5-10-17(18)29-12-13-6-3-4-11-24(13)20(26)14-7-1-2-9-16(14)25/h1-2,5,7-10,13,22,25H,3-4,6,11-12H2,(H2,21,23)/t13-/m1/s1. The maximum atomic E-state index is 13.0. The average Bonchev–Trinajstić information content (AvgIpc) is 2.71. The van der Waals surface area contributed by atoms with Gasteiger partial charge in [0.1, 0.15) is 18.1 Å². The van der Waals surface area contributed by atoms with Gasteiger partial charge in [-0.2, -0.15) is 8.42 Å². The highest BCUT2D eigenvalue weighted by Crippen LogP contribution is 2.31. The second-order valence-electron chi connectivity index (χ2n) is 7.21. The van der Waals surface area contributed by atoms with Gasteiger partial charge in [-0.15, -0.1) is 4.40 Å². The molecule has 10 heteroatoms. The minimum absolute atomic E-state index is 0.0545. The van der Waals surface area contributed by atoms with E-state index >= 15 is 0 Å². The molecule has 0 aliphatic carbocycles. The first kappa shape index (κ1) is 20.0. The van der Waals surface area contributed by atoms with Gasteiger partial charge in [0.15, 0.2) is 5.84 Å². The van der Waals surface area contributed by atoms with E-state index in [-0.39, 0.29) is 35.7 Å². The zero-order valence-electron chi connectivity index (χ0n) is 16.1. The summed E-state index contributed by atoms with van der Waals surface area (Å²) in [6.07, 6.45) is 2.58. The van der Waals surface area contributed by atoms with Crippen LogP contribution in [-0.2, 0) is 10.2 Å². The second-order valence-corrected chi connectivity index (χ2v) is 8.55. The van der Waals surface area contributed by atoms with Crippen LogP contribution in [0.15, 0.2) is 46.9 Å². The summed E-state index contributed by atoms with van der Waals surface area (Å²) in [5.74, 6) is -0.0618. The number of phenols is 1. The third kappa shape index (κ3) is 3.90. The van der Waals surface area contributed by atoms with Crippen LogP contribution in [-0.4, -0.2) is 49.4 Å². The summed E-state index contributed by atoms with van der Waals surface area (Å²) in [5, 5.41) is 10.0. The predicted molar refractivity (Wildman–Crippen MR) is 112 cm³/mol. The maximum absolute atomic E-state index is 13.0. The number of hydrogen-bond acceptors (Lipinski definition) is 6. The SMILES string of the molecule is NC1=NS(=O)(=O)Nc2cccc(OC[C@H]3CCCCN3C(=O)c3ccccc3O)c21. The molecule has 9 nitrogen and oxygen atoms in total. The summed E-state index contributed by atoms with van der Waals surface area (Å²) in [6.45, 7) is 0.771. The number of ether oxygens (including phenoxy) is 1. The first-order valence-corrected chi connectivity index (χ1v) is 11.0. The van der Waals surface area contributed by atoms with Crippen molar-refractivity contribution in [1.82, 2.24) is 4.90 Å². The van der Waals surface area contributed by atoms with Gasteiger partial charge >= 0.3 is 10.2 Å². The molecule has 4 rings (SSSR count). The summed E-state index contributed by atoms with van der Waals surface area (Å²) >= 11 is 0. The Labute approximate surface area is 174 Å². The van der Waals surface area contributed by atoms with Crippen molar-refractivity contribution in [3.63, 3.8) is 0 Å². The van der Waals surface area contributed by atoms with Crippen LogP contribution in [0.25, 0.3) is 0 Å². The van der Waals surface area contributed by atoms with Gasteiger partial charge in [-0.1, -0.05) is 18.2 Å². The van der Waals surface area contributed by atoms with Crippen molar-refractivity contribution in [2.45, 2.75) is 25.3 Å². The lowest BCUT2D eigenvalue weighted by atomic mass is 10.0. The molecule has 158 valence electrons. The first-order valence-electron chi connectivity index (χ1n) is 9.59. The fourth-order valence-electron chi connectivity index (χ4n) is 3.77. The van der Waals surface area contributed by atoms with E-state index in [4.69, 9.17) is 10.5 Å². The van der Waals surface area contributed by atoms with Crippen molar-refractivity contribution >= 4 is 27.6 Å². The van der Waals surface area contributed by atoms with Crippen molar-refractivity contribution in [2.24, 2.45) is 10.1 Å². The molecule has 0 spiro atoms. The molecule has 4 N–H and O–H groups in total. The van der Waals surface area contributed by atoms with E-state index < -0.39 is 10.2 Å². The molecule has 0 bridgehead atoms. The lowest BCUT2D eigenvalue weighted by Gasteiger charge is -2.36. The van der Waals surface area contributed by atoms with Gasteiger partial charge in [0, 0.05) is 6.54 Å². The van der Waals surface area contributed by atoms with Crippen molar-refractivity contribution in [3.8, 4) is 11.5 Å². The number of hydrogen-bond donors (Lipinski definition) is 3. The second kappa shape index (κ2) is 7.86. The van der Waals surface area contributed by atoms with Gasteiger partial charge in [-0.05, 0) is 43.5 Å². The fourth-order valence-corrected chi connectivity index (χ4v) is 4.62. The van der Waals surface area contributed by atoms with E-state index in [1.54, 1.807) is 41.3 Å². The number of benzene rings is 2. The van der Waals surface area contributed by atoms with Crippen molar-refractivity contribution < 1.29 is 23.1 Å². The number of fused-ring (bicyclic) bond motifs is 1. The van der Waals surface area contributed by atoms with E-state index in [0.29, 0.717) is 23.5 Å². The molecule has 30 heavy (non-hydrogen) atoms. The Morgan fingerprint density at radius 2 is 2.03 bits per heavy atom. The molecule has 0 saturated carbocycles. The van der Waals surface area contributed by atoms with Crippen LogP contribution in [0.1, 0.15) is 35.2 Å². The highest BCUT2D eigenvalue weighted by atomic mass is 32.2. The summed E-state index contributed by atoms with van der Waals surface area (Å²) in [6, 6.07) is 11.2. The number of anilines is 1. The number of piperidine rings is 1. The smallest absolute Gasteiger partial charge is 0.344 e. The van der Waals surface area contributed by atoms with E-state index in [1.807, 2.05) is 0 Å². The Kier molecular flexibility index (Phi) is 5.25. The van der Waals surface area contributed by atoms with Crippen molar-refractivity contribution in [1.29, 1.82) is 0 Å². The highest BCUT2D eigenvalue weighted by molar-refractivity contribution is 7.91. The Hall–Kier alpha value is -3.27. The van der Waals surface area contributed by atoms with Crippen LogP contribution < -0.4 is 15.2 Å². The Bertz CT molecular complexity index is 1120. The van der Waals surface area contributed by atoms with E-state index in [1.165, 1.54) is 6.07 Å². The molecule has 0 unspecified atom stereocenters. The number of amides is 1. The van der Waals surface area contributed by atoms with Crippen LogP contribution >= 0.6 is 0 Å². The number of nitrogens with zero attached hydrogens (tertiary/aromatic N) is 2. The van der Waals surface area contributed by atoms with Crippen LogP contribution in [0.2, 0.25) is 0 Å². The third-order valence-electron chi connectivity index (χ3n) is 5.19.